The Morgan fingerprint density at radius 2 is 1.81 bits per heavy atom. The van der Waals surface area contributed by atoms with Crippen LogP contribution >= 0.6 is 22.7 Å². The maximum absolute atomic E-state index is 13.4. The number of hydrogen-bond acceptors (Lipinski definition) is 7. The zero-order valence-corrected chi connectivity index (χ0v) is 21.9. The van der Waals surface area contributed by atoms with Gasteiger partial charge >= 0.3 is 0 Å². The minimum Gasteiger partial charge on any atom is -0.283 e. The van der Waals surface area contributed by atoms with Gasteiger partial charge in [-0.05, 0) is 43.0 Å². The summed E-state index contributed by atoms with van der Waals surface area (Å²) in [6.45, 7) is 3.85. The molecule has 0 radical (unpaired) electrons. The lowest BCUT2D eigenvalue weighted by molar-refractivity contribution is -0.384. The highest BCUT2D eigenvalue weighted by Crippen LogP contribution is 2.25. The fourth-order valence-electron chi connectivity index (χ4n) is 3.87. The van der Waals surface area contributed by atoms with Crippen LogP contribution in [-0.4, -0.2) is 25.2 Å². The van der Waals surface area contributed by atoms with E-state index >= 15 is 0 Å². The van der Waals surface area contributed by atoms with E-state index in [-0.39, 0.29) is 11.2 Å². The van der Waals surface area contributed by atoms with Gasteiger partial charge in [-0.1, -0.05) is 30.3 Å². The quantitative estimate of drug-likeness (QED) is 0.167. The lowest BCUT2D eigenvalue weighted by atomic mass is 10.1. The highest BCUT2D eigenvalue weighted by molar-refractivity contribution is 7.11. The molecular formula is C26H22N6O3S2. The number of thiazole rings is 1. The smallest absolute Gasteiger partial charge is 0.283 e. The summed E-state index contributed by atoms with van der Waals surface area (Å²) >= 11 is 2.87. The first-order chi connectivity index (χ1) is 17.8. The number of thiophene rings is 1. The Bertz CT molecular complexity index is 1770. The van der Waals surface area contributed by atoms with E-state index in [1.165, 1.54) is 23.5 Å². The van der Waals surface area contributed by atoms with E-state index in [0.29, 0.717) is 27.4 Å². The summed E-state index contributed by atoms with van der Waals surface area (Å²) < 4.78 is 4.97. The molecule has 5 aromatic rings. The van der Waals surface area contributed by atoms with E-state index in [1.54, 1.807) is 43.7 Å². The molecule has 0 aliphatic carbocycles. The minimum absolute atomic E-state index is 0.0172. The molecule has 0 saturated carbocycles. The third kappa shape index (κ3) is 4.61. The number of para-hydroxylation sites is 1. The van der Waals surface area contributed by atoms with E-state index in [1.807, 2.05) is 68.1 Å². The summed E-state index contributed by atoms with van der Waals surface area (Å²) in [6, 6.07) is 17.8. The van der Waals surface area contributed by atoms with Crippen molar-refractivity contribution in [3.05, 3.63) is 113 Å². The van der Waals surface area contributed by atoms with Crippen LogP contribution < -0.4 is 10.4 Å². The molecule has 37 heavy (non-hydrogen) atoms. The normalized spacial score (nSPS) is 12.0. The number of non-ortho nitro benzene ring substituents is 1. The van der Waals surface area contributed by atoms with E-state index in [2.05, 4.69) is 0 Å². The molecule has 9 nitrogen and oxygen atoms in total. The second-order valence-corrected chi connectivity index (χ2v) is 10.0. The molecule has 3 aromatic heterocycles. The Balaban J connectivity index is 1.71. The molecule has 186 valence electrons. The third-order valence-corrected chi connectivity index (χ3v) is 7.73. The van der Waals surface area contributed by atoms with Gasteiger partial charge in [0.15, 0.2) is 5.69 Å². The van der Waals surface area contributed by atoms with Crippen LogP contribution in [0.2, 0.25) is 0 Å². The third-order valence-electron chi connectivity index (χ3n) is 5.96. The highest BCUT2D eigenvalue weighted by atomic mass is 32.1. The number of nitro groups is 1. The van der Waals surface area contributed by atoms with Gasteiger partial charge in [0.25, 0.3) is 11.2 Å². The van der Waals surface area contributed by atoms with Gasteiger partial charge in [-0.15, -0.1) is 22.7 Å². The summed E-state index contributed by atoms with van der Waals surface area (Å²) in [6.07, 6.45) is 1.74. The van der Waals surface area contributed by atoms with Gasteiger partial charge in [-0.3, -0.25) is 19.6 Å². The first-order valence-corrected chi connectivity index (χ1v) is 13.0. The highest BCUT2D eigenvalue weighted by Gasteiger charge is 2.17. The van der Waals surface area contributed by atoms with Crippen molar-refractivity contribution >= 4 is 40.3 Å². The molecule has 0 aliphatic rings. The zero-order valence-electron chi connectivity index (χ0n) is 20.2. The lowest BCUT2D eigenvalue weighted by Crippen LogP contribution is -2.19. The van der Waals surface area contributed by atoms with Crippen molar-refractivity contribution in [3.63, 3.8) is 0 Å². The predicted octanol–water partition coefficient (Wildman–Crippen LogP) is 5.41. The molecule has 0 N–H and O–H groups in total. The van der Waals surface area contributed by atoms with E-state index in [9.17, 15) is 14.9 Å². The van der Waals surface area contributed by atoms with Gasteiger partial charge in [0.2, 0.25) is 4.80 Å². The summed E-state index contributed by atoms with van der Waals surface area (Å²) in [5.41, 5.74) is 3.82. The number of nitro benzene ring substituents is 1. The Morgan fingerprint density at radius 1 is 1.03 bits per heavy atom. The van der Waals surface area contributed by atoms with Crippen LogP contribution in [0, 0.1) is 24.0 Å². The number of nitrogens with zero attached hydrogens (tertiary/aromatic N) is 6. The van der Waals surface area contributed by atoms with Gasteiger partial charge in [0.1, 0.15) is 0 Å². The maximum Gasteiger partial charge on any atom is 0.297 e. The molecule has 0 fully saturated rings. The van der Waals surface area contributed by atoms with Crippen LogP contribution in [0.5, 0.6) is 0 Å². The number of rotatable bonds is 6. The van der Waals surface area contributed by atoms with Gasteiger partial charge in [0, 0.05) is 30.1 Å². The maximum atomic E-state index is 13.4. The average molecular weight is 531 g/mol. The molecule has 5 rings (SSSR count). The molecule has 0 bridgehead atoms. The van der Waals surface area contributed by atoms with Gasteiger partial charge in [-0.2, -0.15) is 5.10 Å². The molecule has 0 aliphatic heterocycles. The molecule has 0 saturated heterocycles. The predicted molar refractivity (Wildman–Crippen MR) is 147 cm³/mol. The average Bonchev–Trinajstić information content (AvgIpc) is 3.56. The van der Waals surface area contributed by atoms with Crippen molar-refractivity contribution in [2.75, 3.05) is 0 Å². The number of aromatic nitrogens is 3. The first kappa shape index (κ1) is 24.3. The molecule has 0 unspecified atom stereocenters. The van der Waals surface area contributed by atoms with Crippen molar-refractivity contribution in [2.24, 2.45) is 17.1 Å². The van der Waals surface area contributed by atoms with E-state index in [0.717, 1.165) is 16.1 Å². The summed E-state index contributed by atoms with van der Waals surface area (Å²) in [4.78, 5) is 30.6. The van der Waals surface area contributed by atoms with Gasteiger partial charge in [-0.25, -0.2) is 14.4 Å². The second kappa shape index (κ2) is 9.96. The standard InChI is InChI=1S/C26H22N6O3S2/c1-17-12-13-36-23(17)15-27-30-22(19-8-7-11-21(14-19)32(34)35)16-37-26(30)28-24-18(2)29(3)31(25(24)33)20-9-5-4-6-10-20/h4-16H,1-3H3. The Hall–Kier alpha value is -4.35. The lowest BCUT2D eigenvalue weighted by Gasteiger charge is -2.07. The van der Waals surface area contributed by atoms with Gasteiger partial charge in [0.05, 0.1) is 33.1 Å². The summed E-state index contributed by atoms with van der Waals surface area (Å²) in [7, 11) is 1.82. The Morgan fingerprint density at radius 3 is 2.51 bits per heavy atom. The van der Waals surface area contributed by atoms with Crippen molar-refractivity contribution in [2.45, 2.75) is 13.8 Å². The minimum atomic E-state index is -0.427. The van der Waals surface area contributed by atoms with E-state index < -0.39 is 4.92 Å². The van der Waals surface area contributed by atoms with Crippen LogP contribution in [-0.2, 0) is 7.05 Å². The van der Waals surface area contributed by atoms with Crippen LogP contribution in [0.25, 0.3) is 16.9 Å². The molecule has 11 heteroatoms. The van der Waals surface area contributed by atoms with Crippen LogP contribution in [0.3, 0.4) is 0 Å². The van der Waals surface area contributed by atoms with Crippen molar-refractivity contribution < 1.29 is 4.92 Å². The Kier molecular flexibility index (Phi) is 6.55. The van der Waals surface area contributed by atoms with E-state index in [4.69, 9.17) is 10.1 Å². The summed E-state index contributed by atoms with van der Waals surface area (Å²) in [5, 5.41) is 19.9. The number of benzene rings is 2. The van der Waals surface area contributed by atoms with Crippen molar-refractivity contribution in [1.29, 1.82) is 0 Å². The molecular weight excluding hydrogens is 508 g/mol. The fourth-order valence-corrected chi connectivity index (χ4v) is 5.49. The van der Waals surface area contributed by atoms with Crippen LogP contribution in [0.4, 0.5) is 11.4 Å². The van der Waals surface area contributed by atoms with Crippen molar-refractivity contribution in [3.8, 4) is 16.9 Å². The zero-order chi connectivity index (χ0) is 26.1. The SMILES string of the molecule is Cc1ccsc1C=Nn1c(-c2cccc([N+](=O)[O-])c2)csc1=Nc1c(C)n(C)n(-c2ccccc2)c1=O. The molecule has 3 heterocycles. The van der Waals surface area contributed by atoms with Gasteiger partial charge < -0.3 is 0 Å². The topological polar surface area (TPSA) is 99.7 Å². The summed E-state index contributed by atoms with van der Waals surface area (Å²) in [5.74, 6) is 0. The first-order valence-electron chi connectivity index (χ1n) is 11.3. The molecule has 0 amide bonds. The molecule has 0 atom stereocenters. The molecule has 2 aromatic carbocycles. The van der Waals surface area contributed by atoms with Crippen molar-refractivity contribution in [1.82, 2.24) is 14.0 Å². The number of aryl methyl sites for hydroxylation is 1. The largest absolute Gasteiger partial charge is 0.297 e. The monoisotopic (exact) mass is 530 g/mol. The fraction of sp³-hybridized carbons (Fsp3) is 0.115. The van der Waals surface area contributed by atoms with Crippen LogP contribution in [0.15, 0.2) is 86.3 Å². The van der Waals surface area contributed by atoms with Crippen LogP contribution in [0.1, 0.15) is 16.1 Å². The second-order valence-electron chi connectivity index (χ2n) is 8.26. The number of hydrogen-bond donors (Lipinski definition) is 0. The molecule has 0 spiro atoms. The Labute approximate surface area is 219 Å².